The van der Waals surface area contributed by atoms with Crippen molar-refractivity contribution >= 4 is 43.6 Å². The van der Waals surface area contributed by atoms with Crippen LogP contribution in [0.3, 0.4) is 0 Å². The van der Waals surface area contributed by atoms with Crippen LogP contribution >= 0.6 is 0 Å². The highest BCUT2D eigenvalue weighted by Gasteiger charge is 2.48. The van der Waals surface area contributed by atoms with Crippen molar-refractivity contribution in [1.82, 2.24) is 9.13 Å². The molecule has 2 atom stereocenters. The molecule has 2 aromatic heterocycles. The third-order valence-electron chi connectivity index (χ3n) is 9.50. The Balaban J connectivity index is 1.67. The minimum atomic E-state index is -1.56. The molecule has 0 radical (unpaired) electrons. The van der Waals surface area contributed by atoms with E-state index >= 15 is 0 Å². The Labute approximate surface area is 273 Å². The summed E-state index contributed by atoms with van der Waals surface area (Å²) in [6.07, 6.45) is -1.10. The van der Waals surface area contributed by atoms with Crippen LogP contribution in [-0.2, 0) is 14.1 Å². The SMILES string of the molecule is COc1cc2c(c(O)c1C1c3c(cc(O)c4c(=O)c5cccc(O)c5n(C)c34)OC1C(C)(C)O)c(=O)c1ccc(OC)c(OC)c1n2C. The predicted octanol–water partition coefficient (Wildman–Crippen LogP) is 4.50. The number of aromatic nitrogens is 2. The van der Waals surface area contributed by atoms with Crippen LogP contribution in [0.15, 0.2) is 52.1 Å². The first-order chi connectivity index (χ1) is 22.8. The zero-order chi connectivity index (χ0) is 34.6. The molecule has 2 unspecified atom stereocenters. The fourth-order valence-electron chi connectivity index (χ4n) is 7.42. The fraction of sp³-hybridized carbons (Fsp3) is 0.278. The summed E-state index contributed by atoms with van der Waals surface area (Å²) in [6.45, 7) is 3.07. The number of ether oxygens (including phenoxy) is 4. The number of aromatic hydroxyl groups is 3. The van der Waals surface area contributed by atoms with Crippen LogP contribution in [0.25, 0.3) is 43.6 Å². The maximum atomic E-state index is 14.3. The Hall–Kier alpha value is -5.62. The van der Waals surface area contributed by atoms with Crippen molar-refractivity contribution in [2.45, 2.75) is 31.5 Å². The Morgan fingerprint density at radius 1 is 0.750 bits per heavy atom. The lowest BCUT2D eigenvalue weighted by atomic mass is 9.79. The summed E-state index contributed by atoms with van der Waals surface area (Å²) in [5, 5.41) is 46.2. The zero-order valence-corrected chi connectivity index (χ0v) is 27.3. The van der Waals surface area contributed by atoms with Crippen LogP contribution in [-0.4, -0.2) is 62.6 Å². The van der Waals surface area contributed by atoms with Crippen LogP contribution in [0.4, 0.5) is 0 Å². The van der Waals surface area contributed by atoms with E-state index in [1.807, 2.05) is 0 Å². The second-order valence-corrected chi connectivity index (χ2v) is 12.6. The number of fused-ring (bicyclic) bond motifs is 6. The molecule has 0 spiro atoms. The molecule has 12 nitrogen and oxygen atoms in total. The van der Waals surface area contributed by atoms with Crippen molar-refractivity contribution in [3.63, 3.8) is 0 Å². The summed E-state index contributed by atoms with van der Waals surface area (Å²) in [4.78, 5) is 28.2. The molecule has 1 aliphatic heterocycles. The first-order valence-electron chi connectivity index (χ1n) is 15.1. The van der Waals surface area contributed by atoms with E-state index in [-0.39, 0.29) is 61.1 Å². The molecule has 4 N–H and O–H groups in total. The van der Waals surface area contributed by atoms with E-state index in [1.54, 1.807) is 53.6 Å². The molecule has 0 saturated carbocycles. The number of methoxy groups -OCH3 is 3. The van der Waals surface area contributed by atoms with Crippen LogP contribution in [0.5, 0.6) is 40.2 Å². The minimum absolute atomic E-state index is 0.0176. The monoisotopic (exact) mass is 654 g/mol. The quantitative estimate of drug-likeness (QED) is 0.195. The molecule has 12 heteroatoms. The molecule has 4 aromatic carbocycles. The Kier molecular flexibility index (Phi) is 6.75. The second-order valence-electron chi connectivity index (χ2n) is 12.6. The van der Waals surface area contributed by atoms with E-state index < -0.39 is 34.2 Å². The van der Waals surface area contributed by atoms with E-state index in [2.05, 4.69) is 0 Å². The molecule has 0 bridgehead atoms. The molecular weight excluding hydrogens is 620 g/mol. The molecule has 0 aliphatic carbocycles. The van der Waals surface area contributed by atoms with Gasteiger partial charge in [0.05, 0.1) is 76.5 Å². The standard InChI is InChI=1S/C36H34N2O10/c1-36(2,44)35-27(25-22(48-35)14-19(40)24-30(25)38(4)28-15(32(24)42)9-8-10-18(28)39)26-21(46-6)13-17-23(33(26)43)31(41)16-11-12-20(45-5)34(47-7)29(16)37(17)3/h8-14,27,35,39-40,43-44H,1-7H3. The number of nitrogens with zero attached hydrogens (tertiary/aromatic N) is 2. The van der Waals surface area contributed by atoms with Crippen molar-refractivity contribution in [1.29, 1.82) is 0 Å². The number of pyridine rings is 2. The molecular formula is C36H34N2O10. The first kappa shape index (κ1) is 31.0. The summed E-state index contributed by atoms with van der Waals surface area (Å²) < 4.78 is 26.6. The molecule has 248 valence electrons. The highest BCUT2D eigenvalue weighted by molar-refractivity contribution is 6.03. The lowest BCUT2D eigenvalue weighted by molar-refractivity contribution is -0.0300. The molecule has 1 aliphatic rings. The maximum absolute atomic E-state index is 14.3. The molecule has 7 rings (SSSR count). The van der Waals surface area contributed by atoms with Gasteiger partial charge >= 0.3 is 0 Å². The Bertz CT molecular complexity index is 2490. The number of hydrogen-bond donors (Lipinski definition) is 4. The van der Waals surface area contributed by atoms with Gasteiger partial charge in [0.25, 0.3) is 0 Å². The van der Waals surface area contributed by atoms with Crippen molar-refractivity contribution in [2.24, 2.45) is 14.1 Å². The smallest absolute Gasteiger partial charge is 0.201 e. The molecule has 3 heterocycles. The third kappa shape index (κ3) is 3.98. The van der Waals surface area contributed by atoms with Gasteiger partial charge in [-0.25, -0.2) is 0 Å². The van der Waals surface area contributed by atoms with Gasteiger partial charge in [0, 0.05) is 37.4 Å². The number of benzene rings is 4. The van der Waals surface area contributed by atoms with Gasteiger partial charge in [0.15, 0.2) is 11.5 Å². The number of rotatable bonds is 5. The summed E-state index contributed by atoms with van der Waals surface area (Å²) in [7, 11) is 7.74. The fourth-order valence-corrected chi connectivity index (χ4v) is 7.42. The van der Waals surface area contributed by atoms with Gasteiger partial charge in [-0.15, -0.1) is 0 Å². The number of hydrogen-bond acceptors (Lipinski definition) is 10. The van der Waals surface area contributed by atoms with Crippen LogP contribution in [0.1, 0.15) is 30.9 Å². The topological polar surface area (TPSA) is 162 Å². The van der Waals surface area contributed by atoms with Gasteiger partial charge in [0.2, 0.25) is 10.9 Å². The highest BCUT2D eigenvalue weighted by Crippen LogP contribution is 2.55. The van der Waals surface area contributed by atoms with Crippen molar-refractivity contribution in [3.05, 3.63) is 74.0 Å². The summed E-state index contributed by atoms with van der Waals surface area (Å²) in [5.74, 6) is -0.901. The van der Waals surface area contributed by atoms with Gasteiger partial charge in [0.1, 0.15) is 34.9 Å². The Morgan fingerprint density at radius 2 is 1.42 bits per heavy atom. The number of para-hydroxylation sites is 1. The van der Waals surface area contributed by atoms with E-state index in [0.29, 0.717) is 28.1 Å². The normalized spacial score (nSPS) is 16.1. The first-order valence-corrected chi connectivity index (χ1v) is 15.1. The van der Waals surface area contributed by atoms with E-state index in [1.165, 1.54) is 47.3 Å². The second kappa shape index (κ2) is 10.4. The number of aliphatic hydroxyl groups is 1. The van der Waals surface area contributed by atoms with Gasteiger partial charge in [-0.3, -0.25) is 9.59 Å². The lowest BCUT2D eigenvalue weighted by Gasteiger charge is -2.31. The zero-order valence-electron chi connectivity index (χ0n) is 27.3. The molecule has 0 fully saturated rings. The summed E-state index contributed by atoms with van der Waals surface area (Å²) in [6, 6.07) is 10.7. The van der Waals surface area contributed by atoms with Gasteiger partial charge < -0.3 is 48.5 Å². The predicted molar refractivity (Wildman–Crippen MR) is 181 cm³/mol. The van der Waals surface area contributed by atoms with Gasteiger partial charge in [-0.2, -0.15) is 0 Å². The molecule has 0 saturated heterocycles. The largest absolute Gasteiger partial charge is 0.507 e. The molecule has 0 amide bonds. The number of phenolic OH excluding ortho intramolecular Hbond substituents is 3. The van der Waals surface area contributed by atoms with Crippen molar-refractivity contribution in [2.75, 3.05) is 21.3 Å². The third-order valence-corrected chi connectivity index (χ3v) is 9.50. The van der Waals surface area contributed by atoms with Crippen molar-refractivity contribution in [3.8, 4) is 40.2 Å². The van der Waals surface area contributed by atoms with Crippen LogP contribution < -0.4 is 29.8 Å². The maximum Gasteiger partial charge on any atom is 0.201 e. The average Bonchev–Trinajstić information content (AvgIpc) is 3.43. The molecule has 48 heavy (non-hydrogen) atoms. The van der Waals surface area contributed by atoms with Crippen LogP contribution in [0, 0.1) is 0 Å². The van der Waals surface area contributed by atoms with Gasteiger partial charge in [-0.1, -0.05) is 6.07 Å². The van der Waals surface area contributed by atoms with Crippen molar-refractivity contribution < 1.29 is 39.4 Å². The Morgan fingerprint density at radius 3 is 2.06 bits per heavy atom. The summed E-state index contributed by atoms with van der Waals surface area (Å²) >= 11 is 0. The van der Waals surface area contributed by atoms with E-state index in [0.717, 1.165) is 0 Å². The summed E-state index contributed by atoms with van der Waals surface area (Å²) in [5.41, 5.74) is -0.906. The lowest BCUT2D eigenvalue weighted by Crippen LogP contribution is -2.42. The van der Waals surface area contributed by atoms with E-state index in [9.17, 15) is 30.0 Å². The highest BCUT2D eigenvalue weighted by atomic mass is 16.5. The minimum Gasteiger partial charge on any atom is -0.507 e. The average molecular weight is 655 g/mol. The number of aryl methyl sites for hydroxylation is 2. The van der Waals surface area contributed by atoms with Gasteiger partial charge in [-0.05, 0) is 38.1 Å². The van der Waals surface area contributed by atoms with E-state index in [4.69, 9.17) is 18.9 Å². The molecule has 6 aromatic rings. The number of phenols is 3. The van der Waals surface area contributed by atoms with Crippen LogP contribution in [0.2, 0.25) is 0 Å².